The molecule has 20 heavy (non-hydrogen) atoms. The molecule has 2 rings (SSSR count). The monoisotopic (exact) mass is 327 g/mol. The van der Waals surface area contributed by atoms with E-state index in [1.807, 2.05) is 0 Å². The zero-order valence-corrected chi connectivity index (χ0v) is 13.2. The number of carbonyl (C=O) groups is 1. The van der Waals surface area contributed by atoms with Crippen LogP contribution >= 0.6 is 12.4 Å². The third kappa shape index (κ3) is 4.85. The van der Waals surface area contributed by atoms with E-state index in [4.69, 9.17) is 4.74 Å². The van der Waals surface area contributed by atoms with Gasteiger partial charge in [-0.05, 0) is 0 Å². The Labute approximate surface area is 126 Å². The quantitative estimate of drug-likeness (QED) is 0.711. The highest BCUT2D eigenvalue weighted by molar-refractivity contribution is 7.88. The lowest BCUT2D eigenvalue weighted by Gasteiger charge is -2.34. The van der Waals surface area contributed by atoms with Gasteiger partial charge in [0, 0.05) is 39.3 Å². The fraction of sp³-hybridized carbons (Fsp3) is 0.909. The van der Waals surface area contributed by atoms with E-state index >= 15 is 0 Å². The van der Waals surface area contributed by atoms with Gasteiger partial charge in [-0.2, -0.15) is 4.31 Å². The number of nitrogens with one attached hydrogen (secondary N) is 1. The van der Waals surface area contributed by atoms with Crippen LogP contribution < -0.4 is 5.32 Å². The number of ether oxygens (including phenoxy) is 1. The standard InChI is InChI=1S/C11H21N3O4S.ClH/c1-19(16,17)14-5-3-13(4-6-14)11(15)8-10-9-12-2-7-18-10;/h10,12H,2-9H2,1H3;1H. The van der Waals surface area contributed by atoms with Gasteiger partial charge in [0.2, 0.25) is 15.9 Å². The molecule has 1 unspecified atom stereocenters. The number of hydrogen-bond donors (Lipinski definition) is 1. The number of nitrogens with zero attached hydrogens (tertiary/aromatic N) is 2. The van der Waals surface area contributed by atoms with Gasteiger partial charge in [-0.15, -0.1) is 12.4 Å². The molecule has 118 valence electrons. The number of piperazine rings is 1. The van der Waals surface area contributed by atoms with E-state index in [0.717, 1.165) is 6.54 Å². The predicted molar refractivity (Wildman–Crippen MR) is 77.5 cm³/mol. The Balaban J connectivity index is 0.00000200. The maximum Gasteiger partial charge on any atom is 0.225 e. The second-order valence-electron chi connectivity index (χ2n) is 4.94. The number of carbonyl (C=O) groups excluding carboxylic acids is 1. The minimum atomic E-state index is -3.14. The molecule has 1 N–H and O–H groups in total. The normalized spacial score (nSPS) is 25.1. The van der Waals surface area contributed by atoms with E-state index in [1.165, 1.54) is 10.6 Å². The van der Waals surface area contributed by atoms with Gasteiger partial charge < -0.3 is 15.0 Å². The molecule has 0 spiro atoms. The van der Waals surface area contributed by atoms with Crippen molar-refractivity contribution in [3.63, 3.8) is 0 Å². The van der Waals surface area contributed by atoms with Crippen molar-refractivity contribution in [1.82, 2.24) is 14.5 Å². The van der Waals surface area contributed by atoms with Crippen LogP contribution in [-0.2, 0) is 19.6 Å². The first-order valence-electron chi connectivity index (χ1n) is 6.52. The summed E-state index contributed by atoms with van der Waals surface area (Å²) in [6.45, 7) is 3.87. The van der Waals surface area contributed by atoms with Crippen LogP contribution in [0.4, 0.5) is 0 Å². The van der Waals surface area contributed by atoms with Crippen LogP contribution in [0.15, 0.2) is 0 Å². The van der Waals surface area contributed by atoms with Gasteiger partial charge in [0.15, 0.2) is 0 Å². The van der Waals surface area contributed by atoms with Crippen LogP contribution in [-0.4, -0.2) is 81.8 Å². The second-order valence-corrected chi connectivity index (χ2v) is 6.93. The lowest BCUT2D eigenvalue weighted by Crippen LogP contribution is -2.51. The van der Waals surface area contributed by atoms with Crippen LogP contribution in [0.5, 0.6) is 0 Å². The van der Waals surface area contributed by atoms with Crippen molar-refractivity contribution in [3.8, 4) is 0 Å². The highest BCUT2D eigenvalue weighted by Crippen LogP contribution is 2.10. The zero-order chi connectivity index (χ0) is 13.9. The van der Waals surface area contributed by atoms with Crippen molar-refractivity contribution in [3.05, 3.63) is 0 Å². The molecule has 0 aromatic heterocycles. The van der Waals surface area contributed by atoms with Gasteiger partial charge >= 0.3 is 0 Å². The fourth-order valence-electron chi connectivity index (χ4n) is 2.34. The molecule has 2 aliphatic rings. The summed E-state index contributed by atoms with van der Waals surface area (Å²) in [6.07, 6.45) is 1.51. The van der Waals surface area contributed by atoms with E-state index < -0.39 is 10.0 Å². The van der Waals surface area contributed by atoms with Gasteiger partial charge in [-0.25, -0.2) is 8.42 Å². The molecule has 0 aliphatic carbocycles. The van der Waals surface area contributed by atoms with Gasteiger partial charge in [-0.3, -0.25) is 4.79 Å². The van der Waals surface area contributed by atoms with Crippen LogP contribution in [0.3, 0.4) is 0 Å². The van der Waals surface area contributed by atoms with E-state index in [0.29, 0.717) is 45.8 Å². The van der Waals surface area contributed by atoms with Gasteiger partial charge in [0.1, 0.15) is 0 Å². The number of sulfonamides is 1. The van der Waals surface area contributed by atoms with Gasteiger partial charge in [0.05, 0.1) is 25.4 Å². The topological polar surface area (TPSA) is 79.0 Å². The van der Waals surface area contributed by atoms with E-state index in [-0.39, 0.29) is 24.4 Å². The average molecular weight is 328 g/mol. The number of amides is 1. The number of hydrogen-bond acceptors (Lipinski definition) is 5. The van der Waals surface area contributed by atoms with Crippen molar-refractivity contribution in [2.24, 2.45) is 0 Å². The zero-order valence-electron chi connectivity index (χ0n) is 11.6. The summed E-state index contributed by atoms with van der Waals surface area (Å²) in [5.74, 6) is 0.0434. The van der Waals surface area contributed by atoms with Crippen molar-refractivity contribution in [2.45, 2.75) is 12.5 Å². The molecule has 1 amide bonds. The van der Waals surface area contributed by atoms with Crippen LogP contribution in [0.25, 0.3) is 0 Å². The minimum Gasteiger partial charge on any atom is -0.375 e. The summed E-state index contributed by atoms with van der Waals surface area (Å²) in [7, 11) is -3.14. The summed E-state index contributed by atoms with van der Waals surface area (Å²) in [6, 6.07) is 0. The summed E-state index contributed by atoms with van der Waals surface area (Å²) in [5.41, 5.74) is 0. The fourth-order valence-corrected chi connectivity index (χ4v) is 3.17. The predicted octanol–water partition coefficient (Wildman–Crippen LogP) is -1.11. The molecule has 2 fully saturated rings. The van der Waals surface area contributed by atoms with Crippen LogP contribution in [0.2, 0.25) is 0 Å². The summed E-state index contributed by atoms with van der Waals surface area (Å²) < 4.78 is 29.7. The van der Waals surface area contributed by atoms with Crippen LogP contribution in [0, 0.1) is 0 Å². The summed E-state index contributed by atoms with van der Waals surface area (Å²) in [5, 5.41) is 3.19. The Hall–Kier alpha value is -0.410. The molecule has 0 aromatic carbocycles. The lowest BCUT2D eigenvalue weighted by molar-refractivity contribution is -0.135. The van der Waals surface area contributed by atoms with Gasteiger partial charge in [-0.1, -0.05) is 0 Å². The molecule has 0 radical (unpaired) electrons. The molecule has 9 heteroatoms. The van der Waals surface area contributed by atoms with E-state index in [9.17, 15) is 13.2 Å². The molecule has 0 bridgehead atoms. The SMILES string of the molecule is CS(=O)(=O)N1CCN(C(=O)CC2CNCCO2)CC1.Cl. The first-order valence-corrected chi connectivity index (χ1v) is 8.37. The number of halogens is 1. The number of rotatable bonds is 3. The van der Waals surface area contributed by atoms with Crippen molar-refractivity contribution < 1.29 is 17.9 Å². The third-order valence-electron chi connectivity index (χ3n) is 3.47. The molecule has 0 aromatic rings. The highest BCUT2D eigenvalue weighted by Gasteiger charge is 2.27. The number of morpholine rings is 1. The Morgan fingerprint density at radius 1 is 1.30 bits per heavy atom. The Kier molecular flexibility index (Phi) is 6.67. The van der Waals surface area contributed by atoms with Crippen LogP contribution in [0.1, 0.15) is 6.42 Å². The molecular formula is C11H22ClN3O4S. The van der Waals surface area contributed by atoms with Crippen molar-refractivity contribution in [1.29, 1.82) is 0 Å². The first-order chi connectivity index (χ1) is 8.97. The third-order valence-corrected chi connectivity index (χ3v) is 4.77. The van der Waals surface area contributed by atoms with Crippen molar-refractivity contribution in [2.75, 3.05) is 52.1 Å². The first kappa shape index (κ1) is 17.6. The second kappa shape index (κ2) is 7.56. The summed E-state index contributed by atoms with van der Waals surface area (Å²) in [4.78, 5) is 13.8. The lowest BCUT2D eigenvalue weighted by atomic mass is 10.2. The molecule has 7 nitrogen and oxygen atoms in total. The Morgan fingerprint density at radius 3 is 2.45 bits per heavy atom. The molecule has 2 aliphatic heterocycles. The van der Waals surface area contributed by atoms with Gasteiger partial charge in [0.25, 0.3) is 0 Å². The smallest absolute Gasteiger partial charge is 0.225 e. The average Bonchev–Trinajstić information content (AvgIpc) is 2.39. The summed E-state index contributed by atoms with van der Waals surface area (Å²) >= 11 is 0. The van der Waals surface area contributed by atoms with E-state index in [2.05, 4.69) is 5.32 Å². The maximum absolute atomic E-state index is 12.1. The molecule has 2 saturated heterocycles. The molecule has 1 atom stereocenters. The molecular weight excluding hydrogens is 306 g/mol. The maximum atomic E-state index is 12.1. The Morgan fingerprint density at radius 2 is 1.95 bits per heavy atom. The highest BCUT2D eigenvalue weighted by atomic mass is 35.5. The van der Waals surface area contributed by atoms with Crippen molar-refractivity contribution >= 4 is 28.3 Å². The molecule has 2 heterocycles. The molecule has 0 saturated carbocycles. The minimum absolute atomic E-state index is 0. The largest absolute Gasteiger partial charge is 0.375 e. The Bertz CT molecular complexity index is 417. The van der Waals surface area contributed by atoms with E-state index in [1.54, 1.807) is 4.90 Å².